The van der Waals surface area contributed by atoms with Crippen molar-refractivity contribution in [3.05, 3.63) is 12.2 Å². The minimum Gasteiger partial charge on any atom is -0.411 e. The summed E-state index contributed by atoms with van der Waals surface area (Å²) in [6.07, 6.45) is 5.94. The van der Waals surface area contributed by atoms with Crippen LogP contribution in [0.5, 0.6) is 0 Å². The van der Waals surface area contributed by atoms with Gasteiger partial charge in [0.2, 0.25) is 0 Å². The Morgan fingerprint density at radius 2 is 2.06 bits per heavy atom. The number of rotatable bonds is 4. The minimum absolute atomic E-state index is 0.0000231. The van der Waals surface area contributed by atoms with Crippen molar-refractivity contribution in [2.45, 2.75) is 64.0 Å². The van der Waals surface area contributed by atoms with E-state index in [4.69, 9.17) is 14.3 Å². The second-order valence-corrected chi connectivity index (χ2v) is 11.3. The van der Waals surface area contributed by atoms with Gasteiger partial charge in [-0.25, -0.2) is 0 Å². The van der Waals surface area contributed by atoms with Crippen molar-refractivity contribution in [3.8, 4) is 0 Å². The maximum absolute atomic E-state index is 8.87. The van der Waals surface area contributed by atoms with E-state index >= 15 is 0 Å². The fraction of sp³-hybridized carbons (Fsp3) is 0.857. The van der Waals surface area contributed by atoms with Gasteiger partial charge in [0.05, 0.1) is 12.7 Å². The first kappa shape index (κ1) is 15.9. The molecule has 4 heteroatoms. The summed E-state index contributed by atoms with van der Waals surface area (Å²) in [6.45, 7) is 12.2. The molecule has 0 aliphatic carbocycles. The minimum atomic E-state index is -1.75. The van der Waals surface area contributed by atoms with Crippen LogP contribution in [0.15, 0.2) is 12.2 Å². The first-order chi connectivity index (χ1) is 8.28. The molecule has 0 saturated carbocycles. The number of ether oxygens (including phenoxy) is 1. The summed E-state index contributed by atoms with van der Waals surface area (Å²) >= 11 is 0. The van der Waals surface area contributed by atoms with Crippen molar-refractivity contribution < 1.29 is 14.3 Å². The lowest BCUT2D eigenvalue weighted by Gasteiger charge is -2.42. The fourth-order valence-corrected chi connectivity index (χ4v) is 3.19. The largest absolute Gasteiger partial charge is 0.411 e. The maximum atomic E-state index is 8.87. The van der Waals surface area contributed by atoms with Crippen LogP contribution in [0.3, 0.4) is 0 Å². The molecule has 18 heavy (non-hydrogen) atoms. The fourth-order valence-electron chi connectivity index (χ4n) is 1.83. The van der Waals surface area contributed by atoms with Gasteiger partial charge >= 0.3 is 0 Å². The van der Waals surface area contributed by atoms with Crippen molar-refractivity contribution in [3.63, 3.8) is 0 Å². The van der Waals surface area contributed by atoms with Crippen LogP contribution in [0, 0.1) is 0 Å². The van der Waals surface area contributed by atoms with Gasteiger partial charge in [-0.2, -0.15) is 0 Å². The van der Waals surface area contributed by atoms with Crippen molar-refractivity contribution in [2.75, 3.05) is 13.2 Å². The molecule has 0 unspecified atom stereocenters. The van der Waals surface area contributed by atoms with Crippen molar-refractivity contribution in [2.24, 2.45) is 0 Å². The highest BCUT2D eigenvalue weighted by atomic mass is 28.4. The third-order valence-electron chi connectivity index (χ3n) is 3.99. The van der Waals surface area contributed by atoms with Gasteiger partial charge in [-0.15, -0.1) is 0 Å². The Labute approximate surface area is 112 Å². The average Bonchev–Trinajstić information content (AvgIpc) is 2.26. The van der Waals surface area contributed by atoms with E-state index in [9.17, 15) is 0 Å². The normalized spacial score (nSPS) is 26.8. The van der Waals surface area contributed by atoms with E-state index in [1.807, 2.05) is 6.08 Å². The van der Waals surface area contributed by atoms with Crippen molar-refractivity contribution in [1.82, 2.24) is 0 Å². The van der Waals surface area contributed by atoms with E-state index in [-0.39, 0.29) is 23.9 Å². The molecule has 2 atom stereocenters. The molecular formula is C14H28O3Si. The van der Waals surface area contributed by atoms with Crippen LogP contribution in [0.1, 0.15) is 33.6 Å². The molecule has 1 aliphatic heterocycles. The topological polar surface area (TPSA) is 38.7 Å². The summed E-state index contributed by atoms with van der Waals surface area (Å²) in [5.41, 5.74) is 0. The van der Waals surface area contributed by atoms with Gasteiger partial charge in [-0.05, 0) is 31.0 Å². The summed E-state index contributed by atoms with van der Waals surface area (Å²) in [5, 5.41) is 9.09. The summed E-state index contributed by atoms with van der Waals surface area (Å²) in [7, 11) is -1.75. The van der Waals surface area contributed by atoms with Crippen molar-refractivity contribution in [1.29, 1.82) is 0 Å². The molecule has 0 radical (unpaired) electrons. The van der Waals surface area contributed by atoms with Crippen LogP contribution >= 0.6 is 0 Å². The van der Waals surface area contributed by atoms with E-state index in [0.29, 0.717) is 0 Å². The molecule has 0 aromatic carbocycles. The molecule has 0 spiro atoms. The monoisotopic (exact) mass is 272 g/mol. The molecule has 1 N–H and O–H groups in total. The zero-order valence-electron chi connectivity index (χ0n) is 12.4. The molecule has 1 fully saturated rings. The molecule has 0 aromatic rings. The Bertz CT molecular complexity index is 281. The highest BCUT2D eigenvalue weighted by Crippen LogP contribution is 2.38. The van der Waals surface area contributed by atoms with Gasteiger partial charge in [-0.1, -0.05) is 32.9 Å². The summed E-state index contributed by atoms with van der Waals surface area (Å²) < 4.78 is 12.2. The molecule has 1 heterocycles. The van der Waals surface area contributed by atoms with Gasteiger partial charge in [0, 0.05) is 6.61 Å². The van der Waals surface area contributed by atoms with E-state index in [0.717, 1.165) is 19.4 Å². The zero-order valence-corrected chi connectivity index (χ0v) is 13.4. The molecule has 3 nitrogen and oxygen atoms in total. The van der Waals surface area contributed by atoms with Crippen LogP contribution in [0.25, 0.3) is 0 Å². The molecular weight excluding hydrogens is 244 g/mol. The first-order valence-corrected chi connectivity index (χ1v) is 9.76. The first-order valence-electron chi connectivity index (χ1n) is 6.85. The second-order valence-electron chi connectivity index (χ2n) is 6.50. The highest BCUT2D eigenvalue weighted by Gasteiger charge is 2.41. The van der Waals surface area contributed by atoms with E-state index < -0.39 is 8.32 Å². The standard InChI is InChI=1S/C14H28O3Si/c1-14(2,3)18(4,5)17-13-9-7-11-16-12(13)8-6-10-15/h6,8,12-13,15H,7,9-11H2,1-5H3/b8-6-/t12-,13-/m1/s1. The lowest BCUT2D eigenvalue weighted by molar-refractivity contribution is -0.0423. The Balaban J connectivity index is 2.70. The maximum Gasteiger partial charge on any atom is 0.192 e. The molecule has 1 aliphatic rings. The number of aliphatic hydroxyl groups excluding tert-OH is 1. The predicted molar refractivity (Wildman–Crippen MR) is 77.3 cm³/mol. The second kappa shape index (κ2) is 6.33. The molecule has 106 valence electrons. The summed E-state index contributed by atoms with van der Waals surface area (Å²) in [4.78, 5) is 0. The van der Waals surface area contributed by atoms with Crippen LogP contribution in [0.2, 0.25) is 18.1 Å². The Morgan fingerprint density at radius 1 is 1.39 bits per heavy atom. The Kier molecular flexibility index (Phi) is 5.59. The molecule has 1 saturated heterocycles. The van der Waals surface area contributed by atoms with E-state index in [2.05, 4.69) is 33.9 Å². The van der Waals surface area contributed by atoms with Crippen LogP contribution in [-0.2, 0) is 9.16 Å². The van der Waals surface area contributed by atoms with Gasteiger partial charge in [0.15, 0.2) is 8.32 Å². The third-order valence-corrected chi connectivity index (χ3v) is 8.50. The predicted octanol–water partition coefficient (Wildman–Crippen LogP) is 3.10. The smallest absolute Gasteiger partial charge is 0.192 e. The average molecular weight is 272 g/mol. The number of hydrogen-bond acceptors (Lipinski definition) is 3. The summed E-state index contributed by atoms with van der Waals surface area (Å²) in [5.74, 6) is 0. The molecule has 0 aromatic heterocycles. The lowest BCUT2D eigenvalue weighted by Crippen LogP contribution is -2.48. The molecule has 0 bridgehead atoms. The number of aliphatic hydroxyl groups is 1. The third kappa shape index (κ3) is 4.19. The van der Waals surface area contributed by atoms with Crippen LogP contribution < -0.4 is 0 Å². The molecule has 0 amide bonds. The van der Waals surface area contributed by atoms with Crippen LogP contribution in [0.4, 0.5) is 0 Å². The summed E-state index contributed by atoms with van der Waals surface area (Å²) in [6, 6.07) is 0. The van der Waals surface area contributed by atoms with Crippen molar-refractivity contribution >= 4 is 8.32 Å². The number of hydrogen-bond donors (Lipinski definition) is 1. The zero-order chi connectivity index (χ0) is 13.8. The molecule has 1 rings (SSSR count). The van der Waals surface area contributed by atoms with E-state index in [1.165, 1.54) is 0 Å². The Hall–Kier alpha value is -0.163. The van der Waals surface area contributed by atoms with E-state index in [1.54, 1.807) is 6.08 Å². The van der Waals surface area contributed by atoms with Gasteiger partial charge in [0.25, 0.3) is 0 Å². The van der Waals surface area contributed by atoms with Gasteiger partial charge < -0.3 is 14.3 Å². The SMILES string of the molecule is CC(C)(C)[Si](C)(C)O[C@@H]1CCCO[C@@H]1/C=C\CO. The van der Waals surface area contributed by atoms with Crippen LogP contribution in [-0.4, -0.2) is 38.8 Å². The van der Waals surface area contributed by atoms with Gasteiger partial charge in [0.1, 0.15) is 6.10 Å². The van der Waals surface area contributed by atoms with Gasteiger partial charge in [-0.3, -0.25) is 0 Å². The lowest BCUT2D eigenvalue weighted by atomic mass is 10.1. The Morgan fingerprint density at radius 3 is 2.61 bits per heavy atom. The highest BCUT2D eigenvalue weighted by molar-refractivity contribution is 6.74. The quantitative estimate of drug-likeness (QED) is 0.631.